The van der Waals surface area contributed by atoms with Crippen LogP contribution in [0.15, 0.2) is 18.2 Å². The molecule has 0 radical (unpaired) electrons. The van der Waals surface area contributed by atoms with Crippen LogP contribution in [0.3, 0.4) is 0 Å². The molecule has 100 valence electrons. The summed E-state index contributed by atoms with van der Waals surface area (Å²) in [4.78, 5) is 0. The van der Waals surface area contributed by atoms with Crippen LogP contribution in [0.4, 0.5) is 4.39 Å². The molecular formula is C15H23FN2. The van der Waals surface area contributed by atoms with Crippen LogP contribution >= 0.6 is 0 Å². The van der Waals surface area contributed by atoms with Crippen molar-refractivity contribution in [3.63, 3.8) is 0 Å². The lowest BCUT2D eigenvalue weighted by atomic mass is 9.96. The van der Waals surface area contributed by atoms with Gasteiger partial charge in [-0.05, 0) is 68.9 Å². The summed E-state index contributed by atoms with van der Waals surface area (Å²) >= 11 is 0. The second-order valence-electron chi connectivity index (χ2n) is 5.26. The van der Waals surface area contributed by atoms with Crippen LogP contribution < -0.4 is 10.6 Å². The zero-order valence-corrected chi connectivity index (χ0v) is 11.1. The van der Waals surface area contributed by atoms with Crippen LogP contribution in [0.25, 0.3) is 0 Å². The molecule has 1 unspecified atom stereocenters. The summed E-state index contributed by atoms with van der Waals surface area (Å²) in [6.45, 7) is 6.03. The van der Waals surface area contributed by atoms with Crippen molar-refractivity contribution in [2.24, 2.45) is 5.92 Å². The Morgan fingerprint density at radius 1 is 1.44 bits per heavy atom. The van der Waals surface area contributed by atoms with E-state index in [0.29, 0.717) is 0 Å². The standard InChI is InChI=1S/C15H23FN2/c1-12-9-14(4-5-15(12)16)11-18-8-6-13-3-2-7-17-10-13/h4-5,9,13,17-18H,2-3,6-8,10-11H2,1H3. The molecule has 1 aromatic carbocycles. The van der Waals surface area contributed by atoms with E-state index >= 15 is 0 Å². The average molecular weight is 250 g/mol. The summed E-state index contributed by atoms with van der Waals surface area (Å²) in [6.07, 6.45) is 3.89. The minimum atomic E-state index is -0.118. The van der Waals surface area contributed by atoms with E-state index in [1.807, 2.05) is 19.1 Å². The highest BCUT2D eigenvalue weighted by Gasteiger charge is 2.11. The van der Waals surface area contributed by atoms with Gasteiger partial charge in [0, 0.05) is 6.54 Å². The maximum atomic E-state index is 13.1. The van der Waals surface area contributed by atoms with Crippen molar-refractivity contribution in [3.8, 4) is 0 Å². The fourth-order valence-corrected chi connectivity index (χ4v) is 2.53. The van der Waals surface area contributed by atoms with E-state index in [4.69, 9.17) is 0 Å². The van der Waals surface area contributed by atoms with Crippen molar-refractivity contribution in [1.82, 2.24) is 10.6 Å². The van der Waals surface area contributed by atoms with Crippen LogP contribution in [0.1, 0.15) is 30.4 Å². The van der Waals surface area contributed by atoms with Crippen molar-refractivity contribution in [3.05, 3.63) is 35.1 Å². The largest absolute Gasteiger partial charge is 0.316 e. The van der Waals surface area contributed by atoms with Gasteiger partial charge in [0.25, 0.3) is 0 Å². The van der Waals surface area contributed by atoms with E-state index in [0.717, 1.165) is 36.7 Å². The maximum absolute atomic E-state index is 13.1. The Morgan fingerprint density at radius 3 is 3.06 bits per heavy atom. The highest BCUT2D eigenvalue weighted by Crippen LogP contribution is 2.13. The molecule has 0 aromatic heterocycles. The molecule has 1 aliphatic rings. The average Bonchev–Trinajstić information content (AvgIpc) is 2.40. The summed E-state index contributed by atoms with van der Waals surface area (Å²) in [5.74, 6) is 0.702. The summed E-state index contributed by atoms with van der Waals surface area (Å²) in [6, 6.07) is 5.33. The molecule has 2 nitrogen and oxygen atoms in total. The number of halogens is 1. The lowest BCUT2D eigenvalue weighted by Crippen LogP contribution is -2.31. The van der Waals surface area contributed by atoms with Gasteiger partial charge < -0.3 is 10.6 Å². The van der Waals surface area contributed by atoms with Gasteiger partial charge in [-0.25, -0.2) is 4.39 Å². The molecule has 1 heterocycles. The first-order valence-electron chi connectivity index (χ1n) is 6.92. The Kier molecular flexibility index (Phi) is 5.14. The summed E-state index contributed by atoms with van der Waals surface area (Å²) in [5, 5.41) is 6.88. The number of hydrogen-bond acceptors (Lipinski definition) is 2. The minimum Gasteiger partial charge on any atom is -0.316 e. The Balaban J connectivity index is 1.66. The predicted octanol–water partition coefficient (Wildman–Crippen LogP) is 2.61. The van der Waals surface area contributed by atoms with E-state index in [9.17, 15) is 4.39 Å². The van der Waals surface area contributed by atoms with E-state index in [1.165, 1.54) is 25.8 Å². The van der Waals surface area contributed by atoms with Crippen molar-refractivity contribution in [1.29, 1.82) is 0 Å². The normalized spacial score (nSPS) is 20.0. The van der Waals surface area contributed by atoms with Gasteiger partial charge >= 0.3 is 0 Å². The molecule has 2 rings (SSSR count). The number of aryl methyl sites for hydroxylation is 1. The monoisotopic (exact) mass is 250 g/mol. The number of benzene rings is 1. The molecule has 1 fully saturated rings. The molecule has 18 heavy (non-hydrogen) atoms. The van der Waals surface area contributed by atoms with Crippen molar-refractivity contribution in [2.45, 2.75) is 32.7 Å². The van der Waals surface area contributed by atoms with Crippen molar-refractivity contribution >= 4 is 0 Å². The fraction of sp³-hybridized carbons (Fsp3) is 0.600. The molecule has 0 amide bonds. The van der Waals surface area contributed by atoms with Crippen LogP contribution in [-0.4, -0.2) is 19.6 Å². The van der Waals surface area contributed by atoms with E-state index in [-0.39, 0.29) is 5.82 Å². The van der Waals surface area contributed by atoms with Crippen LogP contribution in [-0.2, 0) is 6.54 Å². The quantitative estimate of drug-likeness (QED) is 0.785. The Bertz CT molecular complexity index is 373. The zero-order chi connectivity index (χ0) is 12.8. The number of nitrogens with one attached hydrogen (secondary N) is 2. The van der Waals surface area contributed by atoms with Gasteiger partial charge in [0.2, 0.25) is 0 Å². The summed E-state index contributed by atoms with van der Waals surface area (Å²) in [7, 11) is 0. The molecule has 2 N–H and O–H groups in total. The number of piperidine rings is 1. The number of rotatable bonds is 5. The zero-order valence-electron chi connectivity index (χ0n) is 11.1. The predicted molar refractivity (Wildman–Crippen MR) is 73.1 cm³/mol. The van der Waals surface area contributed by atoms with Gasteiger partial charge in [0.05, 0.1) is 0 Å². The van der Waals surface area contributed by atoms with E-state index in [1.54, 1.807) is 6.07 Å². The topological polar surface area (TPSA) is 24.1 Å². The van der Waals surface area contributed by atoms with E-state index < -0.39 is 0 Å². The van der Waals surface area contributed by atoms with Gasteiger partial charge in [0.15, 0.2) is 0 Å². The third-order valence-corrected chi connectivity index (χ3v) is 3.68. The Labute approximate surface area is 109 Å². The van der Waals surface area contributed by atoms with Gasteiger partial charge in [-0.2, -0.15) is 0 Å². The molecule has 1 aliphatic heterocycles. The first kappa shape index (κ1) is 13.5. The highest BCUT2D eigenvalue weighted by atomic mass is 19.1. The second-order valence-corrected chi connectivity index (χ2v) is 5.26. The summed E-state index contributed by atoms with van der Waals surface area (Å²) in [5.41, 5.74) is 1.89. The minimum absolute atomic E-state index is 0.118. The van der Waals surface area contributed by atoms with Gasteiger partial charge in [-0.15, -0.1) is 0 Å². The SMILES string of the molecule is Cc1cc(CNCCC2CCCNC2)ccc1F. The second kappa shape index (κ2) is 6.86. The van der Waals surface area contributed by atoms with Crippen molar-refractivity contribution in [2.75, 3.05) is 19.6 Å². The Hall–Kier alpha value is -0.930. The molecule has 0 aliphatic carbocycles. The van der Waals surface area contributed by atoms with Crippen LogP contribution in [0, 0.1) is 18.7 Å². The van der Waals surface area contributed by atoms with Gasteiger partial charge in [-0.3, -0.25) is 0 Å². The van der Waals surface area contributed by atoms with Crippen LogP contribution in [0.5, 0.6) is 0 Å². The first-order valence-corrected chi connectivity index (χ1v) is 6.92. The molecule has 1 saturated heterocycles. The summed E-state index contributed by atoms with van der Waals surface area (Å²) < 4.78 is 13.1. The third-order valence-electron chi connectivity index (χ3n) is 3.68. The van der Waals surface area contributed by atoms with E-state index in [2.05, 4.69) is 10.6 Å². The molecule has 1 aromatic rings. The Morgan fingerprint density at radius 2 is 2.33 bits per heavy atom. The smallest absolute Gasteiger partial charge is 0.126 e. The molecule has 0 saturated carbocycles. The molecule has 1 atom stereocenters. The van der Waals surface area contributed by atoms with Gasteiger partial charge in [-0.1, -0.05) is 12.1 Å². The van der Waals surface area contributed by atoms with Crippen LogP contribution in [0.2, 0.25) is 0 Å². The maximum Gasteiger partial charge on any atom is 0.126 e. The van der Waals surface area contributed by atoms with Crippen molar-refractivity contribution < 1.29 is 4.39 Å². The lowest BCUT2D eigenvalue weighted by Gasteiger charge is -2.22. The molecular weight excluding hydrogens is 227 g/mol. The lowest BCUT2D eigenvalue weighted by molar-refractivity contribution is 0.352. The van der Waals surface area contributed by atoms with Gasteiger partial charge in [0.1, 0.15) is 5.82 Å². The highest BCUT2D eigenvalue weighted by molar-refractivity contribution is 5.23. The molecule has 0 spiro atoms. The number of hydrogen-bond donors (Lipinski definition) is 2. The molecule has 3 heteroatoms. The molecule has 0 bridgehead atoms. The first-order chi connectivity index (χ1) is 8.75. The third kappa shape index (κ3) is 4.07. The fourth-order valence-electron chi connectivity index (χ4n) is 2.53.